The molecule has 2 aromatic heterocycles. The summed E-state index contributed by atoms with van der Waals surface area (Å²) in [6.45, 7) is 1.90. The lowest BCUT2D eigenvalue weighted by Crippen LogP contribution is -2.20. The molecule has 0 aliphatic rings. The van der Waals surface area contributed by atoms with Gasteiger partial charge in [0.05, 0.1) is 5.69 Å². The fourth-order valence-electron chi connectivity index (χ4n) is 3.03. The van der Waals surface area contributed by atoms with Gasteiger partial charge in [0.1, 0.15) is 17.3 Å². The Kier molecular flexibility index (Phi) is 3.14. The van der Waals surface area contributed by atoms with E-state index < -0.39 is 0 Å². The molecule has 4 rings (SSSR count). The molecule has 4 aromatic rings. The van der Waals surface area contributed by atoms with Gasteiger partial charge in [-0.2, -0.15) is 5.26 Å². The molecule has 2 heterocycles. The van der Waals surface area contributed by atoms with Crippen molar-refractivity contribution < 1.29 is 0 Å². The van der Waals surface area contributed by atoms with E-state index in [1.165, 1.54) is 4.40 Å². The van der Waals surface area contributed by atoms with Crippen LogP contribution in [0.5, 0.6) is 0 Å². The van der Waals surface area contributed by atoms with Crippen molar-refractivity contribution in [2.45, 2.75) is 6.92 Å². The van der Waals surface area contributed by atoms with Crippen LogP contribution in [0.3, 0.4) is 0 Å². The summed E-state index contributed by atoms with van der Waals surface area (Å²) in [7, 11) is 0. The third kappa shape index (κ3) is 1.99. The maximum Gasteiger partial charge on any atom is 0.276 e. The highest BCUT2D eigenvalue weighted by molar-refractivity contribution is 5.97. The van der Waals surface area contributed by atoms with Crippen LogP contribution in [0.4, 0.5) is 0 Å². The highest BCUT2D eigenvalue weighted by atomic mass is 16.1. The predicted molar refractivity (Wildman–Crippen MR) is 93.9 cm³/mol. The van der Waals surface area contributed by atoms with Crippen molar-refractivity contribution in [3.8, 4) is 17.3 Å². The Hall–Kier alpha value is -3.45. The molecule has 0 saturated carbocycles. The van der Waals surface area contributed by atoms with Crippen LogP contribution in [-0.2, 0) is 0 Å². The normalized spacial score (nSPS) is 10.8. The molecule has 0 fully saturated rings. The molecule has 0 radical (unpaired) electrons. The number of nitriles is 1. The average Bonchev–Trinajstić information content (AvgIpc) is 2.62. The van der Waals surface area contributed by atoms with Gasteiger partial charge in [0.2, 0.25) is 0 Å². The van der Waals surface area contributed by atoms with Gasteiger partial charge in [-0.3, -0.25) is 9.20 Å². The first-order chi connectivity index (χ1) is 11.7. The quantitative estimate of drug-likeness (QED) is 0.538. The second-order valence-electron chi connectivity index (χ2n) is 5.66. The largest absolute Gasteiger partial charge is 0.276 e. The summed E-state index contributed by atoms with van der Waals surface area (Å²) in [6, 6.07) is 19.4. The first kappa shape index (κ1) is 14.2. The molecule has 0 aliphatic heterocycles. The molecular formula is C20H13N3O. The molecule has 0 N–H and O–H groups in total. The molecule has 24 heavy (non-hydrogen) atoms. The van der Waals surface area contributed by atoms with Crippen molar-refractivity contribution in [3.05, 3.63) is 82.3 Å². The smallest absolute Gasteiger partial charge is 0.267 e. The predicted octanol–water partition coefficient (Wildman–Crippen LogP) is 3.69. The Morgan fingerprint density at radius 2 is 1.83 bits per heavy atom. The van der Waals surface area contributed by atoms with E-state index in [0.717, 1.165) is 21.9 Å². The fraction of sp³-hybridized carbons (Fsp3) is 0.0500. The van der Waals surface area contributed by atoms with Crippen molar-refractivity contribution >= 4 is 16.4 Å². The second kappa shape index (κ2) is 5.32. The minimum Gasteiger partial charge on any atom is -0.267 e. The van der Waals surface area contributed by atoms with Gasteiger partial charge in [0.25, 0.3) is 5.56 Å². The van der Waals surface area contributed by atoms with E-state index in [0.29, 0.717) is 11.3 Å². The molecule has 0 amide bonds. The van der Waals surface area contributed by atoms with Crippen LogP contribution in [0.15, 0.2) is 65.6 Å². The topological polar surface area (TPSA) is 58.2 Å². The molecule has 0 aliphatic carbocycles. The Labute approximate surface area is 138 Å². The van der Waals surface area contributed by atoms with Crippen molar-refractivity contribution in [3.63, 3.8) is 0 Å². The van der Waals surface area contributed by atoms with E-state index >= 15 is 0 Å². The van der Waals surface area contributed by atoms with Crippen molar-refractivity contribution in [1.29, 1.82) is 5.26 Å². The van der Waals surface area contributed by atoms with E-state index in [1.54, 1.807) is 12.3 Å². The monoisotopic (exact) mass is 311 g/mol. The first-order valence-electron chi connectivity index (χ1n) is 7.61. The van der Waals surface area contributed by atoms with Crippen molar-refractivity contribution in [2.24, 2.45) is 0 Å². The number of pyridine rings is 1. The molecule has 4 nitrogen and oxygen atoms in total. The number of nitrogens with zero attached hydrogens (tertiary/aromatic N) is 3. The zero-order valence-corrected chi connectivity index (χ0v) is 13.0. The Bertz CT molecular complexity index is 1190. The Morgan fingerprint density at radius 3 is 2.67 bits per heavy atom. The summed E-state index contributed by atoms with van der Waals surface area (Å²) in [5.74, 6) is 0. The van der Waals surface area contributed by atoms with Gasteiger partial charge < -0.3 is 0 Å². The third-order valence-electron chi connectivity index (χ3n) is 4.21. The van der Waals surface area contributed by atoms with Gasteiger partial charge in [-0.25, -0.2) is 4.98 Å². The fourth-order valence-corrected chi connectivity index (χ4v) is 3.03. The SMILES string of the molecule is Cc1cccn2c(=O)c(C#N)c(-c3cccc4ccccc34)nc12. The van der Waals surface area contributed by atoms with Crippen molar-refractivity contribution in [2.75, 3.05) is 0 Å². The number of hydrogen-bond donors (Lipinski definition) is 0. The Morgan fingerprint density at radius 1 is 1.04 bits per heavy atom. The van der Waals surface area contributed by atoms with Gasteiger partial charge in [-0.1, -0.05) is 48.5 Å². The molecule has 4 heteroatoms. The number of fused-ring (bicyclic) bond motifs is 2. The number of rotatable bonds is 1. The highest BCUT2D eigenvalue weighted by Gasteiger charge is 2.16. The maximum absolute atomic E-state index is 12.7. The molecule has 114 valence electrons. The zero-order valence-electron chi connectivity index (χ0n) is 13.0. The Balaban J connectivity index is 2.19. The van der Waals surface area contributed by atoms with Gasteiger partial charge in [0.15, 0.2) is 0 Å². The van der Waals surface area contributed by atoms with E-state index in [2.05, 4.69) is 4.98 Å². The maximum atomic E-state index is 12.7. The van der Waals surface area contributed by atoms with E-state index in [1.807, 2.05) is 61.5 Å². The van der Waals surface area contributed by atoms with E-state index in [4.69, 9.17) is 0 Å². The molecule has 0 unspecified atom stereocenters. The van der Waals surface area contributed by atoms with Crippen molar-refractivity contribution in [1.82, 2.24) is 9.38 Å². The second-order valence-corrected chi connectivity index (χ2v) is 5.66. The van der Waals surface area contributed by atoms with Crippen LogP contribution in [0.2, 0.25) is 0 Å². The number of hydrogen-bond acceptors (Lipinski definition) is 3. The summed E-state index contributed by atoms with van der Waals surface area (Å²) < 4.78 is 1.43. The van der Waals surface area contributed by atoms with Crippen LogP contribution in [-0.4, -0.2) is 9.38 Å². The van der Waals surface area contributed by atoms with Crippen LogP contribution in [0.1, 0.15) is 11.1 Å². The molecule has 0 spiro atoms. The van der Waals surface area contributed by atoms with Gasteiger partial charge in [-0.15, -0.1) is 0 Å². The summed E-state index contributed by atoms with van der Waals surface area (Å²) in [4.78, 5) is 17.4. The van der Waals surface area contributed by atoms with E-state index in [-0.39, 0.29) is 11.1 Å². The zero-order chi connectivity index (χ0) is 16.7. The molecular weight excluding hydrogens is 298 g/mol. The summed E-state index contributed by atoms with van der Waals surface area (Å²) in [5, 5.41) is 11.6. The number of aryl methyl sites for hydroxylation is 1. The summed E-state index contributed by atoms with van der Waals surface area (Å²) in [5.41, 5.74) is 2.43. The first-order valence-corrected chi connectivity index (χ1v) is 7.61. The van der Waals surface area contributed by atoms with Gasteiger partial charge >= 0.3 is 0 Å². The summed E-state index contributed by atoms with van der Waals surface area (Å²) in [6.07, 6.45) is 1.64. The molecule has 0 atom stereocenters. The number of aromatic nitrogens is 2. The lowest BCUT2D eigenvalue weighted by Gasteiger charge is -2.10. The van der Waals surface area contributed by atoms with Crippen LogP contribution in [0.25, 0.3) is 27.7 Å². The van der Waals surface area contributed by atoms with Gasteiger partial charge in [-0.05, 0) is 29.3 Å². The average molecular weight is 311 g/mol. The standard InChI is InChI=1S/C20H13N3O/c1-13-6-5-11-23-19(13)22-18(17(12-21)20(23)24)16-10-4-8-14-7-2-3-9-15(14)16/h2-11H,1H3. The van der Waals surface area contributed by atoms with E-state index in [9.17, 15) is 10.1 Å². The van der Waals surface area contributed by atoms with Crippen LogP contribution < -0.4 is 5.56 Å². The van der Waals surface area contributed by atoms with Crippen LogP contribution >= 0.6 is 0 Å². The molecule has 0 saturated heterocycles. The molecule has 0 bridgehead atoms. The lowest BCUT2D eigenvalue weighted by atomic mass is 9.99. The third-order valence-corrected chi connectivity index (χ3v) is 4.21. The van der Waals surface area contributed by atoms with Gasteiger partial charge in [0, 0.05) is 11.8 Å². The lowest BCUT2D eigenvalue weighted by molar-refractivity contribution is 1.02. The minimum atomic E-state index is -0.339. The minimum absolute atomic E-state index is 0.0643. The summed E-state index contributed by atoms with van der Waals surface area (Å²) >= 11 is 0. The molecule has 2 aromatic carbocycles. The number of benzene rings is 2. The highest BCUT2D eigenvalue weighted by Crippen LogP contribution is 2.29. The van der Waals surface area contributed by atoms with Crippen LogP contribution in [0, 0.1) is 18.3 Å².